The van der Waals surface area contributed by atoms with Crippen molar-refractivity contribution < 1.29 is 23.8 Å². The summed E-state index contributed by atoms with van der Waals surface area (Å²) in [5, 5.41) is 12.1. The molecular weight excluding hydrogens is 362 g/mol. The summed E-state index contributed by atoms with van der Waals surface area (Å²) < 4.78 is 10.5. The van der Waals surface area contributed by atoms with Crippen molar-refractivity contribution in [1.29, 1.82) is 0 Å². The number of nitrogens with one attached hydrogen (secondary N) is 1. The molecule has 0 aliphatic carbocycles. The number of amides is 1. The van der Waals surface area contributed by atoms with Gasteiger partial charge in [0.15, 0.2) is 6.10 Å². The zero-order valence-corrected chi connectivity index (χ0v) is 15.2. The van der Waals surface area contributed by atoms with Crippen molar-refractivity contribution in [3.8, 4) is 5.75 Å². The molecule has 0 spiro atoms. The van der Waals surface area contributed by atoms with Gasteiger partial charge in [-0.05, 0) is 37.1 Å². The van der Waals surface area contributed by atoms with E-state index in [0.717, 1.165) is 5.56 Å². The second kappa shape index (κ2) is 8.39. The number of carbonyl (C=O) groups is 2. The Kier molecular flexibility index (Phi) is 5.74. The molecule has 144 valence electrons. The van der Waals surface area contributed by atoms with Gasteiger partial charge < -0.3 is 19.6 Å². The summed E-state index contributed by atoms with van der Waals surface area (Å²) in [6.45, 7) is 1.78. The van der Waals surface area contributed by atoms with Crippen molar-refractivity contribution in [2.75, 3.05) is 6.54 Å². The van der Waals surface area contributed by atoms with Crippen LogP contribution in [-0.2, 0) is 11.2 Å². The molecule has 1 aromatic heterocycles. The number of carboxylic acid groups (broad SMARTS) is 1. The van der Waals surface area contributed by atoms with E-state index in [-0.39, 0.29) is 16.9 Å². The Morgan fingerprint density at radius 2 is 1.89 bits per heavy atom. The number of carbonyl (C=O) groups excluding carboxylic acids is 1. The normalized spacial score (nSPS) is 11.8. The summed E-state index contributed by atoms with van der Waals surface area (Å²) in [4.78, 5) is 35.4. The van der Waals surface area contributed by atoms with Crippen molar-refractivity contribution in [2.45, 2.75) is 19.4 Å². The molecule has 28 heavy (non-hydrogen) atoms. The zero-order chi connectivity index (χ0) is 20.1. The van der Waals surface area contributed by atoms with Crippen LogP contribution in [0.4, 0.5) is 0 Å². The van der Waals surface area contributed by atoms with E-state index in [9.17, 15) is 14.4 Å². The molecule has 0 saturated heterocycles. The highest BCUT2D eigenvalue weighted by molar-refractivity contribution is 5.96. The van der Waals surface area contributed by atoms with Crippen LogP contribution in [-0.4, -0.2) is 29.6 Å². The number of ether oxygens (including phenoxy) is 1. The van der Waals surface area contributed by atoms with Crippen LogP contribution >= 0.6 is 0 Å². The molecule has 0 fully saturated rings. The van der Waals surface area contributed by atoms with Gasteiger partial charge >= 0.3 is 11.6 Å². The van der Waals surface area contributed by atoms with Crippen molar-refractivity contribution in [3.05, 3.63) is 76.1 Å². The third-order valence-corrected chi connectivity index (χ3v) is 4.15. The summed E-state index contributed by atoms with van der Waals surface area (Å²) in [6.07, 6.45) is -0.396. The largest absolute Gasteiger partial charge is 0.479 e. The lowest BCUT2D eigenvalue weighted by atomic mass is 10.1. The smallest absolute Gasteiger partial charge is 0.349 e. The third kappa shape index (κ3) is 4.56. The summed E-state index contributed by atoms with van der Waals surface area (Å²) in [6, 6.07) is 15.7. The van der Waals surface area contributed by atoms with Crippen molar-refractivity contribution in [2.24, 2.45) is 0 Å². The average Bonchev–Trinajstić information content (AvgIpc) is 2.68. The Bertz CT molecular complexity index is 1060. The number of carboxylic acids is 1. The van der Waals surface area contributed by atoms with Crippen LogP contribution < -0.4 is 15.7 Å². The highest BCUT2D eigenvalue weighted by Crippen LogP contribution is 2.21. The number of hydrogen-bond donors (Lipinski definition) is 2. The lowest BCUT2D eigenvalue weighted by Crippen LogP contribution is -2.29. The highest BCUT2D eigenvalue weighted by Gasteiger charge is 2.16. The molecule has 2 aromatic carbocycles. The maximum Gasteiger partial charge on any atom is 0.349 e. The number of hydrogen-bond acceptors (Lipinski definition) is 5. The van der Waals surface area contributed by atoms with Gasteiger partial charge in [0.05, 0.1) is 0 Å². The molecule has 1 unspecified atom stereocenters. The number of benzene rings is 2. The first-order chi connectivity index (χ1) is 13.4. The van der Waals surface area contributed by atoms with Crippen molar-refractivity contribution in [1.82, 2.24) is 5.32 Å². The van der Waals surface area contributed by atoms with Crippen LogP contribution in [0, 0.1) is 0 Å². The van der Waals surface area contributed by atoms with E-state index in [1.807, 2.05) is 30.3 Å². The van der Waals surface area contributed by atoms with Crippen LogP contribution in [0.1, 0.15) is 22.8 Å². The molecule has 0 bridgehead atoms. The Labute approximate surface area is 160 Å². The topological polar surface area (TPSA) is 106 Å². The molecule has 7 nitrogen and oxygen atoms in total. The zero-order valence-electron chi connectivity index (χ0n) is 15.2. The Morgan fingerprint density at radius 3 is 2.61 bits per heavy atom. The van der Waals surface area contributed by atoms with Crippen LogP contribution in [0.5, 0.6) is 5.75 Å². The first kappa shape index (κ1) is 19.2. The minimum Gasteiger partial charge on any atom is -0.479 e. The van der Waals surface area contributed by atoms with Gasteiger partial charge in [-0.1, -0.05) is 30.3 Å². The fraction of sp³-hybridized carbons (Fsp3) is 0.190. The maximum absolute atomic E-state index is 12.3. The standard InChI is InChI=1S/C21H19NO6/c1-13(20(24)25)27-16-8-7-15-11-17(21(26)28-18(15)12-16)19(23)22-10-9-14-5-3-2-4-6-14/h2-8,11-13H,9-10H2,1H3,(H,22,23)(H,24,25). The predicted molar refractivity (Wildman–Crippen MR) is 103 cm³/mol. The highest BCUT2D eigenvalue weighted by atomic mass is 16.5. The van der Waals surface area contributed by atoms with E-state index < -0.39 is 23.6 Å². The molecule has 0 radical (unpaired) electrons. The Hall–Kier alpha value is -3.61. The molecule has 3 aromatic rings. The third-order valence-electron chi connectivity index (χ3n) is 4.15. The summed E-state index contributed by atoms with van der Waals surface area (Å²) in [7, 11) is 0. The van der Waals surface area contributed by atoms with Gasteiger partial charge in [0.25, 0.3) is 5.91 Å². The minimum absolute atomic E-state index is 0.0897. The second-order valence-corrected chi connectivity index (χ2v) is 6.24. The van der Waals surface area contributed by atoms with Gasteiger partial charge in [0.2, 0.25) is 0 Å². The monoisotopic (exact) mass is 381 g/mol. The molecule has 1 heterocycles. The lowest BCUT2D eigenvalue weighted by molar-refractivity contribution is -0.144. The van der Waals surface area contributed by atoms with E-state index in [2.05, 4.69) is 5.32 Å². The fourth-order valence-corrected chi connectivity index (χ4v) is 2.64. The van der Waals surface area contributed by atoms with Crippen molar-refractivity contribution >= 4 is 22.8 Å². The quantitative estimate of drug-likeness (QED) is 0.610. The molecule has 0 aliphatic heterocycles. The van der Waals surface area contributed by atoms with Gasteiger partial charge in [-0.15, -0.1) is 0 Å². The van der Waals surface area contributed by atoms with E-state index in [1.165, 1.54) is 19.1 Å². The number of aliphatic carboxylic acids is 1. The molecule has 0 saturated carbocycles. The van der Waals surface area contributed by atoms with Gasteiger partial charge in [-0.25, -0.2) is 9.59 Å². The lowest BCUT2D eigenvalue weighted by Gasteiger charge is -2.10. The van der Waals surface area contributed by atoms with E-state index in [0.29, 0.717) is 18.4 Å². The Balaban J connectivity index is 1.73. The van der Waals surface area contributed by atoms with Crippen LogP contribution in [0.2, 0.25) is 0 Å². The maximum atomic E-state index is 12.3. The van der Waals surface area contributed by atoms with E-state index >= 15 is 0 Å². The summed E-state index contributed by atoms with van der Waals surface area (Å²) >= 11 is 0. The molecule has 1 atom stereocenters. The van der Waals surface area contributed by atoms with Crippen LogP contribution in [0.25, 0.3) is 11.0 Å². The van der Waals surface area contributed by atoms with Gasteiger partial charge in [-0.2, -0.15) is 0 Å². The van der Waals surface area contributed by atoms with Crippen molar-refractivity contribution in [3.63, 3.8) is 0 Å². The number of rotatable bonds is 7. The molecule has 3 rings (SSSR count). The average molecular weight is 381 g/mol. The van der Waals surface area contributed by atoms with Crippen LogP contribution in [0.15, 0.2) is 63.8 Å². The first-order valence-corrected chi connectivity index (χ1v) is 8.73. The van der Waals surface area contributed by atoms with E-state index in [1.54, 1.807) is 12.1 Å². The molecule has 2 N–H and O–H groups in total. The predicted octanol–water partition coefficient (Wildman–Crippen LogP) is 2.62. The summed E-state index contributed by atoms with van der Waals surface area (Å²) in [5.41, 5.74) is 0.429. The SMILES string of the molecule is CC(Oc1ccc2cc(C(=O)NCCc3ccccc3)c(=O)oc2c1)C(=O)O. The molecule has 0 aliphatic rings. The second-order valence-electron chi connectivity index (χ2n) is 6.24. The Morgan fingerprint density at radius 1 is 1.14 bits per heavy atom. The fourth-order valence-electron chi connectivity index (χ4n) is 2.64. The van der Waals surface area contributed by atoms with E-state index in [4.69, 9.17) is 14.3 Å². The molecule has 7 heteroatoms. The van der Waals surface area contributed by atoms with Gasteiger partial charge in [0.1, 0.15) is 16.9 Å². The van der Waals surface area contributed by atoms with Gasteiger partial charge in [0, 0.05) is 18.0 Å². The van der Waals surface area contributed by atoms with Gasteiger partial charge in [-0.3, -0.25) is 4.79 Å². The first-order valence-electron chi connectivity index (χ1n) is 8.73. The summed E-state index contributed by atoms with van der Waals surface area (Å²) in [5.74, 6) is -1.36. The van der Waals surface area contributed by atoms with Crippen LogP contribution in [0.3, 0.4) is 0 Å². The molecular formula is C21H19NO6. The minimum atomic E-state index is -1.11. The molecule has 1 amide bonds. The number of fused-ring (bicyclic) bond motifs is 1.